The molecule has 4 aromatic rings. The lowest BCUT2D eigenvalue weighted by molar-refractivity contribution is 0.969. The molecule has 5 nitrogen and oxygen atoms in total. The van der Waals surface area contributed by atoms with Crippen LogP contribution in [0.2, 0.25) is 0 Å². The molecule has 7 heteroatoms. The zero-order chi connectivity index (χ0) is 16.5. The molecular weight excluding hydrogens is 386 g/mol. The summed E-state index contributed by atoms with van der Waals surface area (Å²) in [6.45, 7) is 2.15. The Bertz CT molecular complexity index is 990. The van der Waals surface area contributed by atoms with E-state index in [1.807, 2.05) is 24.3 Å². The molecule has 0 bridgehead atoms. The van der Waals surface area contributed by atoms with E-state index in [0.29, 0.717) is 0 Å². The molecule has 4 rings (SSSR count). The van der Waals surface area contributed by atoms with Gasteiger partial charge in [0.25, 0.3) is 0 Å². The Morgan fingerprint density at radius 3 is 2.62 bits per heavy atom. The average molecular weight is 400 g/mol. The van der Waals surface area contributed by atoms with Gasteiger partial charge in [-0.15, -0.1) is 15.3 Å². The monoisotopic (exact) mass is 399 g/mol. The van der Waals surface area contributed by atoms with Gasteiger partial charge in [-0.05, 0) is 36.2 Å². The second-order valence-electron chi connectivity index (χ2n) is 5.28. The molecule has 0 amide bonds. The summed E-state index contributed by atoms with van der Waals surface area (Å²) in [6.07, 6.45) is 1.03. The van der Waals surface area contributed by atoms with E-state index in [1.165, 1.54) is 16.9 Å². The Labute approximate surface area is 151 Å². The number of fused-ring (bicyclic) bond motifs is 1. The van der Waals surface area contributed by atoms with Crippen molar-refractivity contribution in [3.05, 3.63) is 58.6 Å². The molecule has 0 saturated heterocycles. The molecule has 0 unspecified atom stereocenters. The van der Waals surface area contributed by atoms with Crippen molar-refractivity contribution in [3.63, 3.8) is 0 Å². The third-order valence-corrected chi connectivity index (χ3v) is 5.22. The number of aromatic nitrogens is 4. The van der Waals surface area contributed by atoms with E-state index in [1.54, 1.807) is 4.52 Å². The Morgan fingerprint density at radius 2 is 1.88 bits per heavy atom. The quantitative estimate of drug-likeness (QED) is 0.528. The fourth-order valence-electron chi connectivity index (χ4n) is 2.43. The van der Waals surface area contributed by atoms with Crippen LogP contribution in [-0.4, -0.2) is 19.8 Å². The van der Waals surface area contributed by atoms with Crippen molar-refractivity contribution in [3.8, 4) is 11.4 Å². The summed E-state index contributed by atoms with van der Waals surface area (Å²) in [5, 5.41) is 17.2. The number of hydrogen-bond donors (Lipinski definition) is 1. The maximum absolute atomic E-state index is 4.61. The fourth-order valence-corrected chi connectivity index (χ4v) is 3.65. The lowest BCUT2D eigenvalue weighted by Gasteiger charge is -2.03. The topological polar surface area (TPSA) is 55.1 Å². The second kappa shape index (κ2) is 6.33. The van der Waals surface area contributed by atoms with Gasteiger partial charge in [0, 0.05) is 15.7 Å². The Morgan fingerprint density at radius 1 is 1.08 bits per heavy atom. The van der Waals surface area contributed by atoms with E-state index in [0.717, 1.165) is 38.1 Å². The minimum Gasteiger partial charge on any atom is -0.330 e. The molecule has 0 fully saturated rings. The summed E-state index contributed by atoms with van der Waals surface area (Å²) in [4.78, 5) is 0.758. The van der Waals surface area contributed by atoms with E-state index >= 15 is 0 Å². The highest BCUT2D eigenvalue weighted by Crippen LogP contribution is 2.30. The summed E-state index contributed by atoms with van der Waals surface area (Å²) in [7, 11) is 0. The zero-order valence-electron chi connectivity index (χ0n) is 12.9. The van der Waals surface area contributed by atoms with E-state index in [9.17, 15) is 0 Å². The SMILES string of the molecule is CCc1ccc(Nc2nn3c(-c4ccccc4Br)nnc3s2)cc1. The number of halogens is 1. The third kappa shape index (κ3) is 2.81. The van der Waals surface area contributed by atoms with Crippen molar-refractivity contribution < 1.29 is 0 Å². The van der Waals surface area contributed by atoms with Crippen LogP contribution in [0.1, 0.15) is 12.5 Å². The van der Waals surface area contributed by atoms with Gasteiger partial charge < -0.3 is 5.32 Å². The zero-order valence-corrected chi connectivity index (χ0v) is 15.3. The predicted octanol–water partition coefficient (Wildman–Crippen LogP) is 4.92. The maximum Gasteiger partial charge on any atom is 0.236 e. The number of nitrogens with one attached hydrogen (secondary N) is 1. The molecule has 0 saturated carbocycles. The highest BCUT2D eigenvalue weighted by atomic mass is 79.9. The normalized spacial score (nSPS) is 11.1. The van der Waals surface area contributed by atoms with Gasteiger partial charge in [0.05, 0.1) is 0 Å². The van der Waals surface area contributed by atoms with Gasteiger partial charge in [-0.1, -0.05) is 58.5 Å². The van der Waals surface area contributed by atoms with Crippen molar-refractivity contribution in [1.29, 1.82) is 0 Å². The van der Waals surface area contributed by atoms with Crippen LogP contribution in [0, 0.1) is 0 Å². The Kier molecular flexibility index (Phi) is 4.03. The van der Waals surface area contributed by atoms with Crippen molar-refractivity contribution in [2.45, 2.75) is 13.3 Å². The molecule has 0 aliphatic heterocycles. The van der Waals surface area contributed by atoms with Gasteiger partial charge in [0.1, 0.15) is 0 Å². The minimum atomic E-state index is 0.725. The molecule has 0 spiro atoms. The van der Waals surface area contributed by atoms with Crippen LogP contribution in [0.4, 0.5) is 10.8 Å². The average Bonchev–Trinajstić information content (AvgIpc) is 3.16. The molecule has 0 atom stereocenters. The standard InChI is InChI=1S/C17H14BrN5S/c1-2-11-7-9-12(10-8-11)19-16-22-23-15(20-21-17(23)24-16)13-5-3-4-6-14(13)18/h3-10H,2H2,1H3,(H,19,22). The first-order valence-electron chi connectivity index (χ1n) is 7.57. The number of hydrogen-bond acceptors (Lipinski definition) is 5. The molecule has 2 aromatic carbocycles. The van der Waals surface area contributed by atoms with E-state index in [2.05, 4.69) is 67.7 Å². The Balaban J connectivity index is 1.68. The van der Waals surface area contributed by atoms with E-state index in [-0.39, 0.29) is 0 Å². The summed E-state index contributed by atoms with van der Waals surface area (Å²) < 4.78 is 2.74. The molecule has 24 heavy (non-hydrogen) atoms. The molecular formula is C17H14BrN5S. The van der Waals surface area contributed by atoms with Crippen LogP contribution in [0.3, 0.4) is 0 Å². The smallest absolute Gasteiger partial charge is 0.236 e. The highest BCUT2D eigenvalue weighted by molar-refractivity contribution is 9.10. The molecule has 120 valence electrons. The summed E-state index contributed by atoms with van der Waals surface area (Å²) in [5.74, 6) is 0.725. The van der Waals surface area contributed by atoms with Gasteiger partial charge in [-0.2, -0.15) is 4.52 Å². The highest BCUT2D eigenvalue weighted by Gasteiger charge is 2.15. The molecule has 1 N–H and O–H groups in total. The molecule has 0 aliphatic carbocycles. The van der Waals surface area contributed by atoms with Gasteiger partial charge in [-0.3, -0.25) is 0 Å². The fraction of sp³-hybridized carbons (Fsp3) is 0.118. The summed E-state index contributed by atoms with van der Waals surface area (Å²) in [5.41, 5.74) is 3.30. The number of anilines is 2. The Hall–Kier alpha value is -2.25. The first kappa shape index (κ1) is 15.3. The molecule has 2 heterocycles. The third-order valence-electron chi connectivity index (χ3n) is 3.72. The van der Waals surface area contributed by atoms with E-state index in [4.69, 9.17) is 0 Å². The largest absolute Gasteiger partial charge is 0.330 e. The van der Waals surface area contributed by atoms with Gasteiger partial charge in [-0.25, -0.2) is 0 Å². The maximum atomic E-state index is 4.61. The first-order chi connectivity index (χ1) is 11.7. The number of aryl methyl sites for hydroxylation is 1. The summed E-state index contributed by atoms with van der Waals surface area (Å²) >= 11 is 5.03. The van der Waals surface area contributed by atoms with Crippen LogP contribution < -0.4 is 5.32 Å². The van der Waals surface area contributed by atoms with Crippen LogP contribution in [0.5, 0.6) is 0 Å². The van der Waals surface area contributed by atoms with Crippen LogP contribution in [0.25, 0.3) is 16.3 Å². The lowest BCUT2D eigenvalue weighted by atomic mass is 10.1. The van der Waals surface area contributed by atoms with E-state index < -0.39 is 0 Å². The molecule has 0 radical (unpaired) electrons. The van der Waals surface area contributed by atoms with Crippen molar-refractivity contribution in [2.24, 2.45) is 0 Å². The van der Waals surface area contributed by atoms with Crippen LogP contribution in [-0.2, 0) is 6.42 Å². The summed E-state index contributed by atoms with van der Waals surface area (Å²) in [6, 6.07) is 16.3. The molecule has 2 aromatic heterocycles. The minimum absolute atomic E-state index is 0.725. The number of benzene rings is 2. The van der Waals surface area contributed by atoms with Gasteiger partial charge in [0.2, 0.25) is 10.1 Å². The predicted molar refractivity (Wildman–Crippen MR) is 101 cm³/mol. The lowest BCUT2D eigenvalue weighted by Crippen LogP contribution is -1.94. The first-order valence-corrected chi connectivity index (χ1v) is 9.18. The van der Waals surface area contributed by atoms with Crippen molar-refractivity contribution in [1.82, 2.24) is 19.8 Å². The van der Waals surface area contributed by atoms with Gasteiger partial charge in [0.15, 0.2) is 5.82 Å². The van der Waals surface area contributed by atoms with Crippen LogP contribution in [0.15, 0.2) is 53.0 Å². The number of nitrogens with zero attached hydrogens (tertiary/aromatic N) is 4. The van der Waals surface area contributed by atoms with Crippen molar-refractivity contribution >= 4 is 43.0 Å². The molecule has 0 aliphatic rings. The second-order valence-corrected chi connectivity index (χ2v) is 7.09. The van der Waals surface area contributed by atoms with Crippen LogP contribution >= 0.6 is 27.3 Å². The van der Waals surface area contributed by atoms with Gasteiger partial charge >= 0.3 is 0 Å². The number of rotatable bonds is 4. The van der Waals surface area contributed by atoms with Crippen molar-refractivity contribution in [2.75, 3.05) is 5.32 Å².